The van der Waals surface area contributed by atoms with Crippen LogP contribution in [0.4, 0.5) is 8.78 Å². The molecule has 0 aromatic heterocycles. The van der Waals surface area contributed by atoms with Crippen molar-refractivity contribution in [3.8, 4) is 5.75 Å². The Balaban J connectivity index is 1.54. The summed E-state index contributed by atoms with van der Waals surface area (Å²) >= 11 is 5.83. The molecule has 2 atom stereocenters. The molecule has 1 heterocycles. The minimum absolute atomic E-state index is 0.0702. The predicted octanol–water partition coefficient (Wildman–Crippen LogP) is 4.30. The third kappa shape index (κ3) is 6.79. The lowest BCUT2D eigenvalue weighted by Crippen LogP contribution is -2.56. The van der Waals surface area contributed by atoms with Crippen LogP contribution in [0.25, 0.3) is 0 Å². The van der Waals surface area contributed by atoms with Crippen LogP contribution in [0.5, 0.6) is 5.75 Å². The minimum Gasteiger partial charge on any atom is -0.493 e. The Morgan fingerprint density at radius 1 is 1.08 bits per heavy atom. The van der Waals surface area contributed by atoms with Gasteiger partial charge in [-0.25, -0.2) is 8.42 Å². The van der Waals surface area contributed by atoms with E-state index in [9.17, 15) is 13.2 Å². The van der Waals surface area contributed by atoms with E-state index in [4.69, 9.17) is 22.1 Å². The maximum Gasteiger partial charge on any atom is 0.298 e. The van der Waals surface area contributed by atoms with Crippen LogP contribution in [0, 0.1) is 5.92 Å². The van der Waals surface area contributed by atoms with E-state index in [1.54, 1.807) is 0 Å². The average molecular weight is 556 g/mol. The molecule has 1 amide bonds. The SMILES string of the molecule is N[C@H]1CCN(C(=O)C(NS(=O)(=O)c2ccc(OCC3CCCCC3)cc2)C(F)(F)c2ccc(Cl)cc2)C1. The third-order valence-electron chi connectivity index (χ3n) is 6.99. The van der Waals surface area contributed by atoms with Crippen molar-refractivity contribution in [3.63, 3.8) is 0 Å². The molecule has 7 nitrogen and oxygen atoms in total. The van der Waals surface area contributed by atoms with Gasteiger partial charge in [0.05, 0.1) is 11.5 Å². The first-order valence-corrected chi connectivity index (χ1v) is 14.4. The summed E-state index contributed by atoms with van der Waals surface area (Å²) in [6.07, 6.45) is 6.26. The number of amides is 1. The van der Waals surface area contributed by atoms with E-state index in [2.05, 4.69) is 0 Å². The number of rotatable bonds is 9. The summed E-state index contributed by atoms with van der Waals surface area (Å²) in [7, 11) is -4.49. The van der Waals surface area contributed by atoms with Crippen molar-refractivity contribution in [1.82, 2.24) is 9.62 Å². The van der Waals surface area contributed by atoms with Gasteiger partial charge in [0.15, 0.2) is 6.04 Å². The highest BCUT2D eigenvalue weighted by atomic mass is 35.5. The Hall–Kier alpha value is -2.27. The Labute approximate surface area is 221 Å². The average Bonchev–Trinajstić information content (AvgIpc) is 3.33. The van der Waals surface area contributed by atoms with Gasteiger partial charge >= 0.3 is 0 Å². The monoisotopic (exact) mass is 555 g/mol. The topological polar surface area (TPSA) is 102 Å². The number of halogens is 3. The van der Waals surface area contributed by atoms with Crippen LogP contribution in [0.3, 0.4) is 0 Å². The molecule has 1 aliphatic heterocycles. The van der Waals surface area contributed by atoms with Crippen molar-refractivity contribution in [3.05, 3.63) is 59.1 Å². The molecule has 2 aliphatic rings. The molecule has 1 saturated carbocycles. The summed E-state index contributed by atoms with van der Waals surface area (Å²) < 4.78 is 65.5. The van der Waals surface area contributed by atoms with Gasteiger partial charge in [0, 0.05) is 29.7 Å². The summed E-state index contributed by atoms with van der Waals surface area (Å²) in [4.78, 5) is 14.1. The van der Waals surface area contributed by atoms with E-state index < -0.39 is 33.5 Å². The zero-order valence-corrected chi connectivity index (χ0v) is 22.0. The van der Waals surface area contributed by atoms with Crippen molar-refractivity contribution in [2.75, 3.05) is 19.7 Å². The number of nitrogens with zero attached hydrogens (tertiary/aromatic N) is 1. The molecule has 37 heavy (non-hydrogen) atoms. The van der Waals surface area contributed by atoms with Crippen LogP contribution in [0.2, 0.25) is 5.02 Å². The number of hydrogen-bond acceptors (Lipinski definition) is 5. The van der Waals surface area contributed by atoms with Crippen LogP contribution in [0.15, 0.2) is 53.4 Å². The number of nitrogens with one attached hydrogen (secondary N) is 1. The Morgan fingerprint density at radius 3 is 2.32 bits per heavy atom. The van der Waals surface area contributed by atoms with Gasteiger partial charge in [-0.1, -0.05) is 43.0 Å². The lowest BCUT2D eigenvalue weighted by atomic mass is 9.90. The second kappa shape index (κ2) is 11.6. The van der Waals surface area contributed by atoms with Gasteiger partial charge in [0.1, 0.15) is 5.75 Å². The third-order valence-corrected chi connectivity index (χ3v) is 8.68. The molecular weight excluding hydrogens is 524 g/mol. The van der Waals surface area contributed by atoms with Gasteiger partial charge in [-0.2, -0.15) is 13.5 Å². The quantitative estimate of drug-likeness (QED) is 0.480. The highest BCUT2D eigenvalue weighted by Crippen LogP contribution is 2.35. The Bertz CT molecular complexity index is 1170. The number of sulfonamides is 1. The van der Waals surface area contributed by atoms with Gasteiger partial charge in [0.2, 0.25) is 15.9 Å². The van der Waals surface area contributed by atoms with Crippen molar-refractivity contribution in [2.24, 2.45) is 11.7 Å². The first-order chi connectivity index (χ1) is 17.6. The van der Waals surface area contributed by atoms with Gasteiger partial charge in [-0.3, -0.25) is 4.79 Å². The molecule has 0 bridgehead atoms. The lowest BCUT2D eigenvalue weighted by molar-refractivity contribution is -0.143. The van der Waals surface area contributed by atoms with Gasteiger partial charge in [0.25, 0.3) is 5.92 Å². The summed E-state index contributed by atoms with van der Waals surface area (Å²) in [6, 6.07) is 7.50. The molecule has 4 rings (SSSR count). The molecule has 2 fully saturated rings. The van der Waals surface area contributed by atoms with E-state index in [0.29, 0.717) is 24.7 Å². The minimum atomic E-state index is -4.49. The van der Waals surface area contributed by atoms with Crippen LogP contribution in [0.1, 0.15) is 44.1 Å². The number of benzene rings is 2. The number of likely N-dealkylation sites (tertiary alicyclic amines) is 1. The predicted molar refractivity (Wildman–Crippen MR) is 137 cm³/mol. The first-order valence-electron chi connectivity index (χ1n) is 12.5. The fraction of sp³-hybridized carbons (Fsp3) is 0.500. The van der Waals surface area contributed by atoms with Crippen molar-refractivity contribution < 1.29 is 26.7 Å². The van der Waals surface area contributed by atoms with E-state index in [1.807, 2.05) is 4.72 Å². The molecule has 1 unspecified atom stereocenters. The van der Waals surface area contributed by atoms with Crippen LogP contribution in [-0.4, -0.2) is 51.0 Å². The zero-order chi connectivity index (χ0) is 26.6. The fourth-order valence-corrected chi connectivity index (χ4v) is 6.11. The summed E-state index contributed by atoms with van der Waals surface area (Å²) in [5.74, 6) is -3.93. The summed E-state index contributed by atoms with van der Waals surface area (Å²) in [6.45, 7) is 0.787. The molecule has 3 N–H and O–H groups in total. The summed E-state index contributed by atoms with van der Waals surface area (Å²) in [5, 5.41) is 0.235. The second-order valence-electron chi connectivity index (χ2n) is 9.80. The number of ether oxygens (including phenoxy) is 1. The van der Waals surface area contributed by atoms with Crippen molar-refractivity contribution in [1.29, 1.82) is 0 Å². The second-order valence-corrected chi connectivity index (χ2v) is 12.0. The molecule has 0 radical (unpaired) electrons. The molecule has 11 heteroatoms. The van der Waals surface area contributed by atoms with Crippen LogP contribution < -0.4 is 15.2 Å². The van der Waals surface area contributed by atoms with Crippen LogP contribution in [-0.2, 0) is 20.7 Å². The number of carbonyl (C=O) groups excluding carboxylic acids is 1. The molecule has 0 spiro atoms. The van der Waals surface area contributed by atoms with Crippen LogP contribution >= 0.6 is 11.6 Å². The molecule has 202 valence electrons. The smallest absolute Gasteiger partial charge is 0.298 e. The number of nitrogens with two attached hydrogens (primary N) is 1. The van der Waals surface area contributed by atoms with E-state index >= 15 is 8.78 Å². The summed E-state index contributed by atoms with van der Waals surface area (Å²) in [5.41, 5.74) is 5.32. The maximum atomic E-state index is 15.7. The molecule has 2 aromatic rings. The van der Waals surface area contributed by atoms with Gasteiger partial charge in [-0.05, 0) is 61.6 Å². The van der Waals surface area contributed by atoms with E-state index in [0.717, 1.165) is 25.0 Å². The number of alkyl halides is 2. The highest BCUT2D eigenvalue weighted by Gasteiger charge is 2.50. The van der Waals surface area contributed by atoms with E-state index in [1.165, 1.54) is 60.6 Å². The first kappa shape index (κ1) is 27.8. The zero-order valence-electron chi connectivity index (χ0n) is 20.4. The van der Waals surface area contributed by atoms with E-state index in [-0.39, 0.29) is 29.0 Å². The Kier molecular flexibility index (Phi) is 8.73. The number of hydrogen-bond donors (Lipinski definition) is 2. The van der Waals surface area contributed by atoms with Crippen molar-refractivity contribution in [2.45, 2.75) is 61.4 Å². The number of carbonyl (C=O) groups is 1. The molecule has 1 saturated heterocycles. The highest BCUT2D eigenvalue weighted by molar-refractivity contribution is 7.89. The molecule has 2 aromatic carbocycles. The fourth-order valence-electron chi connectivity index (χ4n) is 4.79. The Morgan fingerprint density at radius 2 is 1.73 bits per heavy atom. The lowest BCUT2D eigenvalue weighted by Gasteiger charge is -2.30. The van der Waals surface area contributed by atoms with Crippen molar-refractivity contribution >= 4 is 27.5 Å². The van der Waals surface area contributed by atoms with Gasteiger partial charge in [-0.15, -0.1) is 0 Å². The standard InChI is InChI=1S/C26H32ClF2N3O4S/c27-20-8-6-19(7-9-20)26(28,29)24(25(33)32-15-14-21(30)16-32)31-37(34,35)23-12-10-22(11-13-23)36-17-18-4-2-1-3-5-18/h6-13,18,21,24,31H,1-5,14-17,30H2/t21-,24?/m0/s1. The van der Waals surface area contributed by atoms with Gasteiger partial charge < -0.3 is 15.4 Å². The normalized spacial score (nSPS) is 20.1. The molecular formula is C26H32ClF2N3O4S. The largest absolute Gasteiger partial charge is 0.493 e. The molecule has 1 aliphatic carbocycles. The maximum absolute atomic E-state index is 15.7.